The highest BCUT2D eigenvalue weighted by Crippen LogP contribution is 2.11. The van der Waals surface area contributed by atoms with Crippen molar-refractivity contribution in [1.82, 2.24) is 20.1 Å². The fourth-order valence-electron chi connectivity index (χ4n) is 1.85. The van der Waals surface area contributed by atoms with Gasteiger partial charge in [0.05, 0.1) is 6.54 Å². The Bertz CT molecular complexity index is 278. The van der Waals surface area contributed by atoms with Crippen molar-refractivity contribution in [3.63, 3.8) is 0 Å². The molecule has 2 rings (SSSR count). The first-order valence-corrected chi connectivity index (χ1v) is 5.51. The maximum absolute atomic E-state index is 5.64. The van der Waals surface area contributed by atoms with Crippen molar-refractivity contribution in [3.05, 3.63) is 11.1 Å². The van der Waals surface area contributed by atoms with Crippen molar-refractivity contribution in [2.75, 3.05) is 13.1 Å². The molecule has 1 aliphatic rings. The summed E-state index contributed by atoms with van der Waals surface area (Å²) in [5.41, 5.74) is 0. The lowest BCUT2D eigenvalue weighted by atomic mass is 10.2. The monoisotopic (exact) mass is 214 g/mol. The topological polar surface area (TPSA) is 44.8 Å². The SMILES string of the molecule is Clc1n[nH]c(CN2CCCCCC2)n1. The van der Waals surface area contributed by atoms with E-state index >= 15 is 0 Å². The third kappa shape index (κ3) is 2.69. The Labute approximate surface area is 88.7 Å². The summed E-state index contributed by atoms with van der Waals surface area (Å²) in [5, 5.41) is 6.96. The largest absolute Gasteiger partial charge is 0.296 e. The molecule has 0 unspecified atom stereocenters. The number of nitrogens with zero attached hydrogens (tertiary/aromatic N) is 3. The van der Waals surface area contributed by atoms with E-state index < -0.39 is 0 Å². The van der Waals surface area contributed by atoms with Gasteiger partial charge in [-0.05, 0) is 37.5 Å². The number of aromatic amines is 1. The number of hydrogen-bond donors (Lipinski definition) is 1. The van der Waals surface area contributed by atoms with Crippen LogP contribution in [0.3, 0.4) is 0 Å². The van der Waals surface area contributed by atoms with Gasteiger partial charge in [-0.1, -0.05) is 12.8 Å². The molecule has 0 bridgehead atoms. The van der Waals surface area contributed by atoms with Gasteiger partial charge >= 0.3 is 0 Å². The highest BCUT2D eigenvalue weighted by molar-refractivity contribution is 6.28. The second kappa shape index (κ2) is 4.75. The standard InChI is InChI=1S/C9H15ClN4/c10-9-11-8(12-13-9)7-14-5-3-1-2-4-6-14/h1-7H2,(H,11,12,13). The number of H-pyrrole nitrogens is 1. The smallest absolute Gasteiger partial charge is 0.242 e. The first-order chi connectivity index (χ1) is 6.84. The maximum Gasteiger partial charge on any atom is 0.242 e. The molecule has 1 aromatic heterocycles. The molecule has 0 atom stereocenters. The second-order valence-corrected chi connectivity index (χ2v) is 4.08. The van der Waals surface area contributed by atoms with Crippen molar-refractivity contribution in [2.45, 2.75) is 32.2 Å². The summed E-state index contributed by atoms with van der Waals surface area (Å²) in [5.74, 6) is 0.872. The lowest BCUT2D eigenvalue weighted by Crippen LogP contribution is -2.24. The molecule has 2 heterocycles. The molecule has 0 saturated carbocycles. The Morgan fingerprint density at radius 2 is 1.93 bits per heavy atom. The van der Waals surface area contributed by atoms with Crippen LogP contribution in [0.25, 0.3) is 0 Å². The first-order valence-electron chi connectivity index (χ1n) is 5.14. The predicted molar refractivity (Wildman–Crippen MR) is 55.1 cm³/mol. The Balaban J connectivity index is 1.89. The van der Waals surface area contributed by atoms with Gasteiger partial charge in [-0.3, -0.25) is 10.00 Å². The molecule has 4 nitrogen and oxygen atoms in total. The molecule has 1 fully saturated rings. The van der Waals surface area contributed by atoms with E-state index in [-0.39, 0.29) is 0 Å². The highest BCUT2D eigenvalue weighted by Gasteiger charge is 2.11. The molecule has 5 heteroatoms. The van der Waals surface area contributed by atoms with E-state index in [1.807, 2.05) is 0 Å². The molecule has 0 amide bonds. The zero-order chi connectivity index (χ0) is 9.80. The number of hydrogen-bond acceptors (Lipinski definition) is 3. The van der Waals surface area contributed by atoms with Crippen molar-refractivity contribution < 1.29 is 0 Å². The number of halogens is 1. The van der Waals surface area contributed by atoms with Crippen LogP contribution in [0.5, 0.6) is 0 Å². The second-order valence-electron chi connectivity index (χ2n) is 3.74. The van der Waals surface area contributed by atoms with Gasteiger partial charge in [-0.25, -0.2) is 4.98 Å². The molecule has 1 aliphatic heterocycles. The van der Waals surface area contributed by atoms with Gasteiger partial charge in [0.1, 0.15) is 5.82 Å². The van der Waals surface area contributed by atoms with Crippen molar-refractivity contribution in [1.29, 1.82) is 0 Å². The minimum atomic E-state index is 0.315. The molecule has 14 heavy (non-hydrogen) atoms. The van der Waals surface area contributed by atoms with Gasteiger partial charge in [0.15, 0.2) is 0 Å². The van der Waals surface area contributed by atoms with Crippen LogP contribution in [0.4, 0.5) is 0 Å². The van der Waals surface area contributed by atoms with E-state index in [0.717, 1.165) is 25.5 Å². The molecule has 1 saturated heterocycles. The Kier molecular flexibility index (Phi) is 3.37. The minimum absolute atomic E-state index is 0.315. The van der Waals surface area contributed by atoms with Crippen LogP contribution in [0.15, 0.2) is 0 Å². The summed E-state index contributed by atoms with van der Waals surface area (Å²) >= 11 is 5.64. The number of rotatable bonds is 2. The van der Waals surface area contributed by atoms with Crippen LogP contribution in [-0.2, 0) is 6.54 Å². The van der Waals surface area contributed by atoms with Gasteiger partial charge < -0.3 is 0 Å². The van der Waals surface area contributed by atoms with Crippen LogP contribution >= 0.6 is 11.6 Å². The van der Waals surface area contributed by atoms with E-state index in [2.05, 4.69) is 20.1 Å². The molecule has 1 N–H and O–H groups in total. The summed E-state index contributed by atoms with van der Waals surface area (Å²) in [4.78, 5) is 6.50. The van der Waals surface area contributed by atoms with Gasteiger partial charge in [0.2, 0.25) is 5.28 Å². The molecule has 0 spiro atoms. The van der Waals surface area contributed by atoms with Crippen LogP contribution < -0.4 is 0 Å². The Morgan fingerprint density at radius 3 is 2.50 bits per heavy atom. The molecule has 0 aliphatic carbocycles. The number of likely N-dealkylation sites (tertiary alicyclic amines) is 1. The summed E-state index contributed by atoms with van der Waals surface area (Å²) < 4.78 is 0. The molecule has 0 aromatic carbocycles. The van der Waals surface area contributed by atoms with Crippen LogP contribution in [0.2, 0.25) is 5.28 Å². The van der Waals surface area contributed by atoms with Gasteiger partial charge in [0, 0.05) is 0 Å². The lowest BCUT2D eigenvalue weighted by molar-refractivity contribution is 0.270. The predicted octanol–water partition coefficient (Wildman–Crippen LogP) is 1.83. The van der Waals surface area contributed by atoms with Crippen LogP contribution in [-0.4, -0.2) is 33.2 Å². The summed E-state index contributed by atoms with van der Waals surface area (Å²) in [6, 6.07) is 0. The fourth-order valence-corrected chi connectivity index (χ4v) is 1.99. The summed E-state index contributed by atoms with van der Waals surface area (Å²) in [7, 11) is 0. The normalized spacial score (nSPS) is 19.5. The maximum atomic E-state index is 5.64. The zero-order valence-corrected chi connectivity index (χ0v) is 8.93. The molecular formula is C9H15ClN4. The van der Waals surface area contributed by atoms with E-state index in [4.69, 9.17) is 11.6 Å². The van der Waals surface area contributed by atoms with E-state index in [1.165, 1.54) is 25.7 Å². The van der Waals surface area contributed by atoms with Gasteiger partial charge in [0.25, 0.3) is 0 Å². The quantitative estimate of drug-likeness (QED) is 0.817. The zero-order valence-electron chi connectivity index (χ0n) is 8.17. The molecule has 0 radical (unpaired) electrons. The van der Waals surface area contributed by atoms with Gasteiger partial charge in [-0.2, -0.15) is 0 Å². The number of nitrogens with one attached hydrogen (secondary N) is 1. The third-order valence-electron chi connectivity index (χ3n) is 2.58. The average molecular weight is 215 g/mol. The molecular weight excluding hydrogens is 200 g/mol. The third-order valence-corrected chi connectivity index (χ3v) is 2.75. The Hall–Kier alpha value is -0.610. The summed E-state index contributed by atoms with van der Waals surface area (Å²) in [6.07, 6.45) is 5.30. The average Bonchev–Trinajstić information content (AvgIpc) is 2.43. The van der Waals surface area contributed by atoms with Crippen LogP contribution in [0, 0.1) is 0 Å². The fraction of sp³-hybridized carbons (Fsp3) is 0.778. The number of aromatic nitrogens is 3. The van der Waals surface area contributed by atoms with E-state index in [9.17, 15) is 0 Å². The van der Waals surface area contributed by atoms with Gasteiger partial charge in [-0.15, -0.1) is 5.10 Å². The van der Waals surface area contributed by atoms with E-state index in [1.54, 1.807) is 0 Å². The summed E-state index contributed by atoms with van der Waals surface area (Å²) in [6.45, 7) is 3.18. The van der Waals surface area contributed by atoms with Crippen molar-refractivity contribution >= 4 is 11.6 Å². The minimum Gasteiger partial charge on any atom is -0.296 e. The first kappa shape index (κ1) is 9.93. The van der Waals surface area contributed by atoms with Crippen molar-refractivity contribution in [2.24, 2.45) is 0 Å². The molecule has 78 valence electrons. The Morgan fingerprint density at radius 1 is 1.21 bits per heavy atom. The van der Waals surface area contributed by atoms with Crippen molar-refractivity contribution in [3.8, 4) is 0 Å². The highest BCUT2D eigenvalue weighted by atomic mass is 35.5. The van der Waals surface area contributed by atoms with E-state index in [0.29, 0.717) is 5.28 Å². The lowest BCUT2D eigenvalue weighted by Gasteiger charge is -2.17. The van der Waals surface area contributed by atoms with Crippen LogP contribution in [0.1, 0.15) is 31.5 Å². The molecule has 1 aromatic rings.